The Kier molecular flexibility index (Phi) is 15.8. The molecule has 172 valence electrons. The molecule has 0 amide bonds. The van der Waals surface area contributed by atoms with Crippen molar-refractivity contribution in [1.82, 2.24) is 0 Å². The van der Waals surface area contributed by atoms with Gasteiger partial charge in [0, 0.05) is 19.3 Å². The number of rotatable bonds is 19. The molecule has 1 rings (SSSR count). The van der Waals surface area contributed by atoms with Crippen LogP contribution in [-0.2, 0) is 4.74 Å². The normalized spacial score (nSPS) is 10.8. The van der Waals surface area contributed by atoms with E-state index in [0.29, 0.717) is 30.3 Å². The number of carbonyl (C=O) groups is 1. The molecular weight excluding hydrogens is 384 g/mol. The van der Waals surface area contributed by atoms with Crippen LogP contribution in [0.4, 0.5) is 0 Å². The van der Waals surface area contributed by atoms with Crippen LogP contribution in [0.25, 0.3) is 0 Å². The molecule has 0 aliphatic carbocycles. The number of ether oxygens (including phenoxy) is 3. The Labute approximate surface area is 181 Å². The molecule has 0 atom stereocenters. The van der Waals surface area contributed by atoms with Gasteiger partial charge < -0.3 is 24.4 Å². The first-order chi connectivity index (χ1) is 14.7. The summed E-state index contributed by atoms with van der Waals surface area (Å²) in [6, 6.07) is 5.22. The van der Waals surface area contributed by atoms with E-state index in [1.165, 1.54) is 7.11 Å². The lowest BCUT2D eigenvalue weighted by molar-refractivity contribution is 0.0599. The zero-order chi connectivity index (χ0) is 21.9. The Balaban J connectivity index is 2.39. The number of esters is 1. The molecular formula is C24H40O6. The Bertz CT molecular complexity index is 522. The van der Waals surface area contributed by atoms with Gasteiger partial charge in [0.1, 0.15) is 11.5 Å². The van der Waals surface area contributed by atoms with Gasteiger partial charge in [0.2, 0.25) is 0 Å². The van der Waals surface area contributed by atoms with Gasteiger partial charge in [0.15, 0.2) is 0 Å². The minimum Gasteiger partial charge on any atom is -0.493 e. The first-order valence-corrected chi connectivity index (χ1v) is 11.4. The second-order valence-corrected chi connectivity index (χ2v) is 7.57. The highest BCUT2D eigenvalue weighted by Crippen LogP contribution is 2.24. The Morgan fingerprint density at radius 2 is 1.07 bits per heavy atom. The first-order valence-electron chi connectivity index (χ1n) is 11.4. The Morgan fingerprint density at radius 3 is 1.47 bits per heavy atom. The van der Waals surface area contributed by atoms with Crippen LogP contribution in [0.5, 0.6) is 11.5 Å². The summed E-state index contributed by atoms with van der Waals surface area (Å²) < 4.78 is 16.5. The largest absolute Gasteiger partial charge is 0.493 e. The summed E-state index contributed by atoms with van der Waals surface area (Å²) in [6.45, 7) is 1.74. The number of carbonyl (C=O) groups excluding carboxylic acids is 1. The van der Waals surface area contributed by atoms with Crippen LogP contribution in [0.1, 0.15) is 87.4 Å². The van der Waals surface area contributed by atoms with Gasteiger partial charge >= 0.3 is 5.97 Å². The van der Waals surface area contributed by atoms with Gasteiger partial charge in [-0.05, 0) is 37.8 Å². The predicted molar refractivity (Wildman–Crippen MR) is 118 cm³/mol. The summed E-state index contributed by atoms with van der Waals surface area (Å²) in [7, 11) is 1.37. The van der Waals surface area contributed by atoms with E-state index >= 15 is 0 Å². The Morgan fingerprint density at radius 1 is 0.667 bits per heavy atom. The SMILES string of the molecule is COC(=O)c1cc(OCCCCCCCCO)cc(OCCCCCCCCO)c1. The van der Waals surface area contributed by atoms with E-state index in [0.717, 1.165) is 77.0 Å². The van der Waals surface area contributed by atoms with E-state index in [-0.39, 0.29) is 13.2 Å². The molecule has 30 heavy (non-hydrogen) atoms. The van der Waals surface area contributed by atoms with Crippen LogP contribution in [-0.4, -0.2) is 49.7 Å². The fourth-order valence-corrected chi connectivity index (χ4v) is 3.20. The average molecular weight is 425 g/mol. The third-order valence-electron chi connectivity index (χ3n) is 4.94. The number of hydrogen-bond acceptors (Lipinski definition) is 6. The van der Waals surface area contributed by atoms with Gasteiger partial charge in [-0.3, -0.25) is 0 Å². The van der Waals surface area contributed by atoms with Crippen molar-refractivity contribution in [3.05, 3.63) is 23.8 Å². The minimum absolute atomic E-state index is 0.272. The molecule has 0 saturated heterocycles. The highest BCUT2D eigenvalue weighted by molar-refractivity contribution is 5.90. The van der Waals surface area contributed by atoms with Crippen molar-refractivity contribution < 1.29 is 29.2 Å². The fourth-order valence-electron chi connectivity index (χ4n) is 3.20. The number of methoxy groups -OCH3 is 1. The molecule has 0 aliphatic rings. The molecule has 0 spiro atoms. The van der Waals surface area contributed by atoms with E-state index < -0.39 is 5.97 Å². The van der Waals surface area contributed by atoms with Crippen LogP contribution >= 0.6 is 0 Å². The molecule has 0 unspecified atom stereocenters. The topological polar surface area (TPSA) is 85.2 Å². The van der Waals surface area contributed by atoms with Crippen LogP contribution in [0.2, 0.25) is 0 Å². The Hall–Kier alpha value is -1.79. The van der Waals surface area contributed by atoms with Gasteiger partial charge in [-0.15, -0.1) is 0 Å². The monoisotopic (exact) mass is 424 g/mol. The number of unbranched alkanes of at least 4 members (excludes halogenated alkanes) is 10. The van der Waals surface area contributed by atoms with Gasteiger partial charge in [-0.2, -0.15) is 0 Å². The molecule has 0 radical (unpaired) electrons. The molecule has 6 heteroatoms. The quantitative estimate of drug-likeness (QED) is 0.243. The van der Waals surface area contributed by atoms with E-state index in [1.54, 1.807) is 12.1 Å². The molecule has 0 heterocycles. The molecule has 1 aromatic carbocycles. The lowest BCUT2D eigenvalue weighted by Gasteiger charge is -2.12. The fraction of sp³-hybridized carbons (Fsp3) is 0.708. The number of aliphatic hydroxyl groups is 2. The maximum absolute atomic E-state index is 12.0. The van der Waals surface area contributed by atoms with Crippen molar-refractivity contribution in [2.75, 3.05) is 33.5 Å². The molecule has 0 aromatic heterocycles. The summed E-state index contributed by atoms with van der Waals surface area (Å²) in [6.07, 6.45) is 12.5. The third kappa shape index (κ3) is 12.7. The van der Waals surface area contributed by atoms with Crippen molar-refractivity contribution in [1.29, 1.82) is 0 Å². The smallest absolute Gasteiger partial charge is 0.338 e. The van der Waals surface area contributed by atoms with Crippen molar-refractivity contribution in [3.8, 4) is 11.5 Å². The van der Waals surface area contributed by atoms with E-state index in [1.807, 2.05) is 6.07 Å². The first kappa shape index (κ1) is 26.2. The predicted octanol–water partition coefficient (Wildman–Crippen LogP) is 4.90. The van der Waals surface area contributed by atoms with Gasteiger partial charge in [0.05, 0.1) is 25.9 Å². The van der Waals surface area contributed by atoms with Gasteiger partial charge in [-0.25, -0.2) is 4.79 Å². The summed E-state index contributed by atoms with van der Waals surface area (Å²) in [4.78, 5) is 12.0. The highest BCUT2D eigenvalue weighted by atomic mass is 16.5. The standard InChI is InChI=1S/C24H40O6/c1-28-24(27)21-18-22(29-16-12-8-4-2-6-10-14-25)20-23(19-21)30-17-13-9-5-3-7-11-15-26/h18-20,25-26H,2-17H2,1H3. The lowest BCUT2D eigenvalue weighted by Crippen LogP contribution is -2.05. The van der Waals surface area contributed by atoms with E-state index in [9.17, 15) is 4.79 Å². The van der Waals surface area contributed by atoms with Crippen molar-refractivity contribution in [2.45, 2.75) is 77.0 Å². The maximum Gasteiger partial charge on any atom is 0.338 e. The maximum atomic E-state index is 12.0. The second-order valence-electron chi connectivity index (χ2n) is 7.57. The van der Waals surface area contributed by atoms with E-state index in [4.69, 9.17) is 24.4 Å². The molecule has 6 nitrogen and oxygen atoms in total. The second kappa shape index (κ2) is 18.0. The zero-order valence-corrected chi connectivity index (χ0v) is 18.6. The van der Waals surface area contributed by atoms with Gasteiger partial charge in [-0.1, -0.05) is 51.4 Å². The highest BCUT2D eigenvalue weighted by Gasteiger charge is 2.11. The summed E-state index contributed by atoms with van der Waals surface area (Å²) >= 11 is 0. The molecule has 1 aromatic rings. The van der Waals surface area contributed by atoms with E-state index in [2.05, 4.69) is 0 Å². The van der Waals surface area contributed by atoms with Crippen LogP contribution in [0, 0.1) is 0 Å². The average Bonchev–Trinajstić information content (AvgIpc) is 2.76. The summed E-state index contributed by atoms with van der Waals surface area (Å²) in [5.41, 5.74) is 0.429. The number of aliphatic hydroxyl groups excluding tert-OH is 2. The van der Waals surface area contributed by atoms with Crippen molar-refractivity contribution in [3.63, 3.8) is 0 Å². The van der Waals surface area contributed by atoms with Crippen LogP contribution in [0.15, 0.2) is 18.2 Å². The zero-order valence-electron chi connectivity index (χ0n) is 18.6. The van der Waals surface area contributed by atoms with Crippen molar-refractivity contribution >= 4 is 5.97 Å². The van der Waals surface area contributed by atoms with Crippen LogP contribution < -0.4 is 9.47 Å². The third-order valence-corrected chi connectivity index (χ3v) is 4.94. The van der Waals surface area contributed by atoms with Crippen molar-refractivity contribution in [2.24, 2.45) is 0 Å². The number of benzene rings is 1. The lowest BCUT2D eigenvalue weighted by atomic mass is 10.1. The molecule has 0 saturated carbocycles. The van der Waals surface area contributed by atoms with Gasteiger partial charge in [0.25, 0.3) is 0 Å². The molecule has 0 fully saturated rings. The molecule has 0 aliphatic heterocycles. The number of hydrogen-bond donors (Lipinski definition) is 2. The summed E-state index contributed by atoms with van der Waals surface area (Å²) in [5, 5.41) is 17.6. The summed E-state index contributed by atoms with van der Waals surface area (Å²) in [5.74, 6) is 0.840. The molecule has 2 N–H and O–H groups in total. The molecule has 0 bridgehead atoms. The minimum atomic E-state index is -0.405. The van der Waals surface area contributed by atoms with Crippen LogP contribution in [0.3, 0.4) is 0 Å².